The van der Waals surface area contributed by atoms with Crippen LogP contribution < -0.4 is 5.73 Å². The van der Waals surface area contributed by atoms with E-state index in [1.807, 2.05) is 0 Å². The van der Waals surface area contributed by atoms with Crippen molar-refractivity contribution in [2.24, 2.45) is 11.7 Å². The molecule has 0 saturated carbocycles. The smallest absolute Gasteiger partial charge is 0.393 e. The SMILES string of the molecule is NCC(CSc1ncco1)C(F)(F)F. The van der Waals surface area contributed by atoms with E-state index in [4.69, 9.17) is 10.2 Å². The summed E-state index contributed by atoms with van der Waals surface area (Å²) in [5.74, 6) is -1.68. The van der Waals surface area contributed by atoms with Crippen molar-refractivity contribution in [1.29, 1.82) is 0 Å². The minimum atomic E-state index is -4.26. The molecule has 1 heterocycles. The number of halogens is 3. The molecule has 0 radical (unpaired) electrons. The second kappa shape index (κ2) is 4.70. The van der Waals surface area contributed by atoms with Gasteiger partial charge in [-0.05, 0) is 0 Å². The number of thioether (sulfide) groups is 1. The number of alkyl halides is 3. The summed E-state index contributed by atoms with van der Waals surface area (Å²) >= 11 is 0.909. The van der Waals surface area contributed by atoms with Gasteiger partial charge in [0.2, 0.25) is 0 Å². The highest BCUT2D eigenvalue weighted by atomic mass is 32.2. The lowest BCUT2D eigenvalue weighted by atomic mass is 10.2. The van der Waals surface area contributed by atoms with Crippen LogP contribution in [0.4, 0.5) is 13.2 Å². The largest absolute Gasteiger partial charge is 0.440 e. The molecule has 0 aromatic carbocycles. The lowest BCUT2D eigenvalue weighted by Crippen LogP contribution is -2.32. The predicted molar refractivity (Wildman–Crippen MR) is 45.8 cm³/mol. The van der Waals surface area contributed by atoms with Gasteiger partial charge in [-0.2, -0.15) is 13.2 Å². The van der Waals surface area contributed by atoms with Gasteiger partial charge in [-0.3, -0.25) is 0 Å². The number of nitrogens with two attached hydrogens (primary N) is 1. The average Bonchev–Trinajstić information content (AvgIpc) is 2.55. The van der Waals surface area contributed by atoms with Crippen molar-refractivity contribution in [3.63, 3.8) is 0 Å². The molecule has 7 heteroatoms. The Morgan fingerprint density at radius 1 is 1.57 bits per heavy atom. The normalized spacial score (nSPS) is 14.3. The highest BCUT2D eigenvalue weighted by Gasteiger charge is 2.38. The summed E-state index contributed by atoms with van der Waals surface area (Å²) in [6.07, 6.45) is -1.56. The molecule has 0 aliphatic carbocycles. The molecule has 0 spiro atoms. The number of hydrogen-bond donors (Lipinski definition) is 1. The van der Waals surface area contributed by atoms with Crippen LogP contribution in [0.2, 0.25) is 0 Å². The summed E-state index contributed by atoms with van der Waals surface area (Å²) in [6, 6.07) is 0. The Labute approximate surface area is 82.9 Å². The molecule has 2 N–H and O–H groups in total. The lowest BCUT2D eigenvalue weighted by Gasteiger charge is -2.16. The Morgan fingerprint density at radius 2 is 2.29 bits per heavy atom. The van der Waals surface area contributed by atoms with Gasteiger partial charge in [-0.15, -0.1) is 0 Å². The molecule has 1 unspecified atom stereocenters. The van der Waals surface area contributed by atoms with Crippen molar-refractivity contribution in [2.45, 2.75) is 11.4 Å². The van der Waals surface area contributed by atoms with Crippen LogP contribution in [0.3, 0.4) is 0 Å². The van der Waals surface area contributed by atoms with Crippen LogP contribution in [0.15, 0.2) is 22.1 Å². The Bertz CT molecular complexity index is 262. The number of oxazole rings is 1. The minimum absolute atomic E-state index is 0.166. The van der Waals surface area contributed by atoms with E-state index >= 15 is 0 Å². The highest BCUT2D eigenvalue weighted by Crippen LogP contribution is 2.30. The van der Waals surface area contributed by atoms with Crippen molar-refractivity contribution in [1.82, 2.24) is 4.98 Å². The van der Waals surface area contributed by atoms with Gasteiger partial charge in [0.15, 0.2) is 0 Å². The number of rotatable bonds is 4. The quantitative estimate of drug-likeness (QED) is 0.797. The lowest BCUT2D eigenvalue weighted by molar-refractivity contribution is -0.165. The minimum Gasteiger partial charge on any atom is -0.440 e. The summed E-state index contributed by atoms with van der Waals surface area (Å²) in [5.41, 5.74) is 5.01. The zero-order valence-corrected chi connectivity index (χ0v) is 7.94. The molecule has 1 aromatic heterocycles. The van der Waals surface area contributed by atoms with Crippen LogP contribution in [0.1, 0.15) is 0 Å². The summed E-state index contributed by atoms with van der Waals surface area (Å²) in [5, 5.41) is 0.229. The third-order valence-electron chi connectivity index (χ3n) is 1.57. The van der Waals surface area contributed by atoms with Gasteiger partial charge < -0.3 is 10.2 Å². The second-order valence-corrected chi connectivity index (χ2v) is 3.55. The van der Waals surface area contributed by atoms with Gasteiger partial charge >= 0.3 is 6.18 Å². The average molecular weight is 226 g/mol. The van der Waals surface area contributed by atoms with Crippen LogP contribution in [0.5, 0.6) is 0 Å². The number of nitrogens with zero attached hydrogens (tertiary/aromatic N) is 1. The van der Waals surface area contributed by atoms with E-state index in [1.54, 1.807) is 0 Å². The number of aromatic nitrogens is 1. The van der Waals surface area contributed by atoms with Crippen molar-refractivity contribution in [3.8, 4) is 0 Å². The van der Waals surface area contributed by atoms with E-state index in [0.717, 1.165) is 11.8 Å². The van der Waals surface area contributed by atoms with Gasteiger partial charge in [0.05, 0.1) is 12.1 Å². The van der Waals surface area contributed by atoms with Gasteiger partial charge in [0.1, 0.15) is 6.26 Å². The molecular weight excluding hydrogens is 217 g/mol. The van der Waals surface area contributed by atoms with E-state index in [-0.39, 0.29) is 11.0 Å². The molecule has 0 fully saturated rings. The molecule has 1 atom stereocenters. The van der Waals surface area contributed by atoms with Crippen molar-refractivity contribution in [3.05, 3.63) is 12.5 Å². The van der Waals surface area contributed by atoms with Gasteiger partial charge in [0.25, 0.3) is 5.22 Å². The van der Waals surface area contributed by atoms with E-state index in [2.05, 4.69) is 4.98 Å². The van der Waals surface area contributed by atoms with Gasteiger partial charge in [-0.1, -0.05) is 11.8 Å². The maximum Gasteiger partial charge on any atom is 0.393 e. The maximum absolute atomic E-state index is 12.2. The fourth-order valence-corrected chi connectivity index (χ4v) is 1.68. The Hall–Kier alpha value is -0.690. The molecule has 1 rings (SSSR count). The summed E-state index contributed by atoms with van der Waals surface area (Å²) in [4.78, 5) is 3.69. The van der Waals surface area contributed by atoms with Gasteiger partial charge in [0, 0.05) is 12.3 Å². The molecule has 14 heavy (non-hydrogen) atoms. The van der Waals surface area contributed by atoms with E-state index in [0.29, 0.717) is 0 Å². The summed E-state index contributed by atoms with van der Waals surface area (Å²) in [6.45, 7) is -0.419. The molecule has 0 bridgehead atoms. The Morgan fingerprint density at radius 3 is 2.71 bits per heavy atom. The first-order chi connectivity index (χ1) is 6.54. The molecule has 0 saturated heterocycles. The molecule has 0 aliphatic rings. The molecule has 0 aliphatic heterocycles. The maximum atomic E-state index is 12.2. The van der Waals surface area contributed by atoms with Crippen LogP contribution in [-0.2, 0) is 0 Å². The predicted octanol–water partition coefficient (Wildman–Crippen LogP) is 1.90. The molecule has 0 amide bonds. The third kappa shape index (κ3) is 3.22. The summed E-state index contributed by atoms with van der Waals surface area (Å²) < 4.78 is 41.4. The fraction of sp³-hybridized carbons (Fsp3) is 0.571. The second-order valence-electron chi connectivity index (χ2n) is 2.58. The van der Waals surface area contributed by atoms with E-state index in [9.17, 15) is 13.2 Å². The first-order valence-electron chi connectivity index (χ1n) is 3.83. The standard InChI is InChI=1S/C7H9F3N2OS/c8-7(9,10)5(3-11)4-14-6-12-1-2-13-6/h1-2,5H,3-4,11H2. The first-order valence-corrected chi connectivity index (χ1v) is 4.81. The Balaban J connectivity index is 2.43. The van der Waals surface area contributed by atoms with Gasteiger partial charge in [-0.25, -0.2) is 4.98 Å². The first kappa shape index (κ1) is 11.4. The summed E-state index contributed by atoms with van der Waals surface area (Å²) in [7, 11) is 0. The van der Waals surface area contributed by atoms with Crippen molar-refractivity contribution in [2.75, 3.05) is 12.3 Å². The van der Waals surface area contributed by atoms with E-state index in [1.165, 1.54) is 12.5 Å². The molecular formula is C7H9F3N2OS. The highest BCUT2D eigenvalue weighted by molar-refractivity contribution is 7.99. The van der Waals surface area contributed by atoms with Crippen LogP contribution in [0.25, 0.3) is 0 Å². The topological polar surface area (TPSA) is 52.0 Å². The van der Waals surface area contributed by atoms with Crippen LogP contribution in [-0.4, -0.2) is 23.5 Å². The van der Waals surface area contributed by atoms with Crippen molar-refractivity contribution >= 4 is 11.8 Å². The van der Waals surface area contributed by atoms with Crippen LogP contribution >= 0.6 is 11.8 Å². The number of hydrogen-bond acceptors (Lipinski definition) is 4. The van der Waals surface area contributed by atoms with Crippen LogP contribution in [0, 0.1) is 5.92 Å². The van der Waals surface area contributed by atoms with E-state index < -0.39 is 18.6 Å². The monoisotopic (exact) mass is 226 g/mol. The zero-order valence-electron chi connectivity index (χ0n) is 7.12. The zero-order chi connectivity index (χ0) is 10.6. The molecule has 80 valence electrons. The van der Waals surface area contributed by atoms with Crippen molar-refractivity contribution < 1.29 is 17.6 Å². The third-order valence-corrected chi connectivity index (χ3v) is 2.58. The fourth-order valence-electron chi connectivity index (χ4n) is 0.750. The molecule has 1 aromatic rings. The Kier molecular flexibility index (Phi) is 3.82. The molecule has 3 nitrogen and oxygen atoms in total.